The number of rotatable bonds is 4. The van der Waals surface area contributed by atoms with Gasteiger partial charge in [-0.05, 0) is 41.5 Å². The van der Waals surface area contributed by atoms with Crippen LogP contribution < -0.4 is 10.4 Å². The molecule has 0 saturated heterocycles. The van der Waals surface area contributed by atoms with Gasteiger partial charge < -0.3 is 20.0 Å². The van der Waals surface area contributed by atoms with E-state index in [-0.39, 0.29) is 18.6 Å². The first-order valence-electron chi connectivity index (χ1n) is 8.96. The molecule has 0 radical (unpaired) electrons. The summed E-state index contributed by atoms with van der Waals surface area (Å²) in [5, 5.41) is 13.7. The standard InChI is InChI=1S/C21H21NO4/c23-20(24)13-9-10-14(11-13)22-21(25)26-12-19-17-7-3-1-5-15(17)16-6-2-4-8-18(16)19/h1-8,13-14,19H,9-12H2,(H,22,25)(H,23,24)/p-1/t13-,14+/m1/s1. The summed E-state index contributed by atoms with van der Waals surface area (Å²) in [5.41, 5.74) is 4.70. The van der Waals surface area contributed by atoms with Crippen molar-refractivity contribution in [2.45, 2.75) is 31.2 Å². The number of benzene rings is 2. The maximum absolute atomic E-state index is 12.2. The third-order valence-corrected chi connectivity index (χ3v) is 5.43. The van der Waals surface area contributed by atoms with Gasteiger partial charge in [-0.15, -0.1) is 0 Å². The van der Waals surface area contributed by atoms with Crippen LogP contribution in [0.15, 0.2) is 48.5 Å². The molecule has 2 aromatic carbocycles. The topological polar surface area (TPSA) is 78.5 Å². The Balaban J connectivity index is 1.41. The van der Waals surface area contributed by atoms with E-state index in [0.717, 1.165) is 0 Å². The van der Waals surface area contributed by atoms with Gasteiger partial charge in [-0.25, -0.2) is 4.79 Å². The maximum atomic E-state index is 12.2. The van der Waals surface area contributed by atoms with Crippen molar-refractivity contribution < 1.29 is 19.4 Å². The van der Waals surface area contributed by atoms with Crippen LogP contribution in [0.2, 0.25) is 0 Å². The van der Waals surface area contributed by atoms with Crippen LogP contribution in [0.25, 0.3) is 11.1 Å². The molecule has 1 amide bonds. The average molecular weight is 350 g/mol. The highest BCUT2D eigenvalue weighted by Gasteiger charge is 2.30. The normalized spacial score (nSPS) is 21.1. The Morgan fingerprint density at radius 2 is 1.62 bits per heavy atom. The summed E-state index contributed by atoms with van der Waals surface area (Å²) in [7, 11) is 0. The number of carboxylic acid groups (broad SMARTS) is 1. The van der Waals surface area contributed by atoms with Crippen molar-refractivity contribution in [2.24, 2.45) is 5.92 Å². The first-order valence-corrected chi connectivity index (χ1v) is 8.96. The van der Waals surface area contributed by atoms with Crippen molar-refractivity contribution in [3.63, 3.8) is 0 Å². The Kier molecular flexibility index (Phi) is 4.37. The molecular formula is C21H20NO4-. The summed E-state index contributed by atoms with van der Waals surface area (Å²) in [6.07, 6.45) is 1.10. The molecule has 2 aliphatic carbocycles. The van der Waals surface area contributed by atoms with E-state index in [1.807, 2.05) is 24.3 Å². The highest BCUT2D eigenvalue weighted by Crippen LogP contribution is 2.44. The Labute approximate surface area is 152 Å². The van der Waals surface area contributed by atoms with E-state index in [1.165, 1.54) is 22.3 Å². The molecule has 0 spiro atoms. The second-order valence-electron chi connectivity index (χ2n) is 7.00. The van der Waals surface area contributed by atoms with Crippen molar-refractivity contribution in [2.75, 3.05) is 6.61 Å². The SMILES string of the molecule is O=C(N[C@H]1CC[C@@H](C(=O)[O-])C1)OCC1c2ccccc2-c2ccccc21. The largest absolute Gasteiger partial charge is 0.550 e. The van der Waals surface area contributed by atoms with E-state index in [9.17, 15) is 14.7 Å². The molecule has 134 valence electrons. The third kappa shape index (κ3) is 3.05. The molecule has 5 heteroatoms. The average Bonchev–Trinajstić information content (AvgIpc) is 3.23. The lowest BCUT2D eigenvalue weighted by Crippen LogP contribution is -2.36. The fraction of sp³-hybridized carbons (Fsp3) is 0.333. The molecular weight excluding hydrogens is 330 g/mol. The molecule has 0 bridgehead atoms. The van der Waals surface area contributed by atoms with E-state index < -0.39 is 18.0 Å². The maximum Gasteiger partial charge on any atom is 0.407 e. The number of carboxylic acids is 1. The van der Waals surface area contributed by atoms with Crippen LogP contribution in [0.4, 0.5) is 4.79 Å². The van der Waals surface area contributed by atoms with Gasteiger partial charge in [-0.1, -0.05) is 48.5 Å². The number of alkyl carbamates (subject to hydrolysis) is 1. The number of fused-ring (bicyclic) bond motifs is 3. The predicted octanol–water partition coefficient (Wildman–Crippen LogP) is 2.44. The first-order chi connectivity index (χ1) is 12.6. The molecule has 2 aromatic rings. The first kappa shape index (κ1) is 16.6. The van der Waals surface area contributed by atoms with Gasteiger partial charge in [0.1, 0.15) is 6.61 Å². The fourth-order valence-electron chi connectivity index (χ4n) is 4.13. The van der Waals surface area contributed by atoms with Gasteiger partial charge in [0.25, 0.3) is 0 Å². The van der Waals surface area contributed by atoms with Crippen LogP contribution in [0.3, 0.4) is 0 Å². The number of hydrogen-bond donors (Lipinski definition) is 1. The van der Waals surface area contributed by atoms with Gasteiger partial charge in [0.2, 0.25) is 0 Å². The summed E-state index contributed by atoms with van der Waals surface area (Å²) >= 11 is 0. The predicted molar refractivity (Wildman–Crippen MR) is 94.3 cm³/mol. The summed E-state index contributed by atoms with van der Waals surface area (Å²) < 4.78 is 5.48. The number of nitrogens with one attached hydrogen (secondary N) is 1. The van der Waals surface area contributed by atoms with E-state index in [1.54, 1.807) is 0 Å². The van der Waals surface area contributed by atoms with Gasteiger partial charge in [0, 0.05) is 23.8 Å². The van der Waals surface area contributed by atoms with E-state index in [0.29, 0.717) is 19.3 Å². The molecule has 0 aliphatic heterocycles. The van der Waals surface area contributed by atoms with Crippen molar-refractivity contribution in [3.05, 3.63) is 59.7 Å². The van der Waals surface area contributed by atoms with E-state index in [4.69, 9.17) is 4.74 Å². The molecule has 0 aromatic heterocycles. The van der Waals surface area contributed by atoms with Crippen LogP contribution in [-0.2, 0) is 9.53 Å². The smallest absolute Gasteiger partial charge is 0.407 e. The second kappa shape index (κ2) is 6.83. The van der Waals surface area contributed by atoms with Crippen LogP contribution in [-0.4, -0.2) is 24.7 Å². The Bertz CT molecular complexity index is 802. The van der Waals surface area contributed by atoms with E-state index in [2.05, 4.69) is 29.6 Å². The summed E-state index contributed by atoms with van der Waals surface area (Å²) in [6.45, 7) is 0.260. The van der Waals surface area contributed by atoms with Crippen molar-refractivity contribution in [1.82, 2.24) is 5.32 Å². The molecule has 26 heavy (non-hydrogen) atoms. The van der Waals surface area contributed by atoms with Crippen LogP contribution in [0.1, 0.15) is 36.3 Å². The zero-order valence-electron chi connectivity index (χ0n) is 14.3. The molecule has 5 nitrogen and oxygen atoms in total. The number of carbonyl (C=O) groups is 2. The van der Waals surface area contributed by atoms with Crippen molar-refractivity contribution >= 4 is 12.1 Å². The van der Waals surface area contributed by atoms with Crippen LogP contribution in [0, 0.1) is 5.92 Å². The Morgan fingerprint density at radius 1 is 1.00 bits per heavy atom. The number of carbonyl (C=O) groups excluding carboxylic acids is 2. The van der Waals surface area contributed by atoms with Gasteiger partial charge in [-0.3, -0.25) is 0 Å². The molecule has 2 aliphatic rings. The Morgan fingerprint density at radius 3 is 2.19 bits per heavy atom. The molecule has 0 heterocycles. The fourth-order valence-corrected chi connectivity index (χ4v) is 4.13. The minimum absolute atomic E-state index is 0.0210. The third-order valence-electron chi connectivity index (χ3n) is 5.43. The molecule has 1 N–H and O–H groups in total. The number of amides is 1. The highest BCUT2D eigenvalue weighted by atomic mass is 16.5. The van der Waals surface area contributed by atoms with Gasteiger partial charge >= 0.3 is 6.09 Å². The van der Waals surface area contributed by atoms with Gasteiger partial charge in [-0.2, -0.15) is 0 Å². The lowest BCUT2D eigenvalue weighted by Gasteiger charge is -2.17. The molecule has 1 fully saturated rings. The summed E-state index contributed by atoms with van der Waals surface area (Å²) in [4.78, 5) is 23.1. The number of ether oxygens (including phenoxy) is 1. The van der Waals surface area contributed by atoms with E-state index >= 15 is 0 Å². The number of aliphatic carboxylic acids is 1. The van der Waals surface area contributed by atoms with Crippen molar-refractivity contribution in [1.29, 1.82) is 0 Å². The van der Waals surface area contributed by atoms with Crippen LogP contribution in [0.5, 0.6) is 0 Å². The molecule has 4 rings (SSSR count). The minimum atomic E-state index is -1.04. The lowest BCUT2D eigenvalue weighted by atomic mass is 9.98. The molecule has 1 saturated carbocycles. The minimum Gasteiger partial charge on any atom is -0.550 e. The zero-order chi connectivity index (χ0) is 18.1. The molecule has 2 atom stereocenters. The highest BCUT2D eigenvalue weighted by molar-refractivity contribution is 5.79. The summed E-state index contributed by atoms with van der Waals surface area (Å²) in [6, 6.07) is 16.2. The lowest BCUT2D eigenvalue weighted by molar-refractivity contribution is -0.311. The monoisotopic (exact) mass is 350 g/mol. The van der Waals surface area contributed by atoms with Crippen LogP contribution >= 0.6 is 0 Å². The van der Waals surface area contributed by atoms with Gasteiger partial charge in [0.05, 0.1) is 0 Å². The Hall–Kier alpha value is -2.82. The quantitative estimate of drug-likeness (QED) is 0.919. The zero-order valence-corrected chi connectivity index (χ0v) is 14.3. The second-order valence-corrected chi connectivity index (χ2v) is 7.00. The van der Waals surface area contributed by atoms with Crippen molar-refractivity contribution in [3.8, 4) is 11.1 Å². The number of hydrogen-bond acceptors (Lipinski definition) is 4. The summed E-state index contributed by atoms with van der Waals surface area (Å²) in [5.74, 6) is -1.50. The molecule has 0 unspecified atom stereocenters. The van der Waals surface area contributed by atoms with Gasteiger partial charge in [0.15, 0.2) is 0 Å².